The number of carbonyl (C=O) groups excluding carboxylic acids is 2. The SMILES string of the molecule is CCOC(C)=O.COc1c(C)ccc2c1C[C@@H](C1CCN(CCN)CC1)O[C@H]2CNC=O.Cl.Cl. The van der Waals surface area contributed by atoms with Crippen LogP contribution in [0, 0.1) is 12.8 Å². The molecule has 0 aliphatic carbocycles. The van der Waals surface area contributed by atoms with E-state index >= 15 is 0 Å². The van der Waals surface area contributed by atoms with Gasteiger partial charge in [-0.3, -0.25) is 9.59 Å². The van der Waals surface area contributed by atoms with Crippen molar-refractivity contribution in [2.24, 2.45) is 11.7 Å². The number of benzene rings is 1. The molecule has 1 aromatic rings. The number of fused-ring (bicyclic) bond motifs is 1. The first kappa shape index (κ1) is 32.4. The maximum Gasteiger partial charge on any atom is 0.302 e. The summed E-state index contributed by atoms with van der Waals surface area (Å²) in [6.07, 6.45) is 3.91. The zero-order chi connectivity index (χ0) is 23.5. The molecule has 2 heterocycles. The number of aryl methyl sites for hydroxylation is 1. The van der Waals surface area contributed by atoms with E-state index < -0.39 is 0 Å². The fraction of sp³-hybridized carbons (Fsp3) is 0.667. The third-order valence-electron chi connectivity index (χ3n) is 6.13. The standard InChI is InChI=1S/C20H31N3O3.C4H8O2.2ClH/c1-14-3-4-16-17(20(14)25-2)11-18(26-19(16)12-22-13-24)15-5-8-23(9-6-15)10-7-21;1-3-6-4(2)5;;/h3-4,13,15,18-19H,5-12,21H2,1-2H3,(H,22,24);3H2,1-2H3;2*1H/t18-,19-;;;/m0.../s1. The van der Waals surface area contributed by atoms with Gasteiger partial charge in [-0.05, 0) is 56.8 Å². The molecule has 3 rings (SSSR count). The van der Waals surface area contributed by atoms with Crippen molar-refractivity contribution in [3.63, 3.8) is 0 Å². The second-order valence-corrected chi connectivity index (χ2v) is 8.27. The normalized spacial score (nSPS) is 19.8. The summed E-state index contributed by atoms with van der Waals surface area (Å²) in [6, 6.07) is 4.19. The second-order valence-electron chi connectivity index (χ2n) is 8.27. The molecule has 10 heteroatoms. The molecule has 2 aliphatic heterocycles. The van der Waals surface area contributed by atoms with Crippen molar-refractivity contribution in [2.45, 2.75) is 52.2 Å². The molecule has 0 spiro atoms. The van der Waals surface area contributed by atoms with E-state index in [1.807, 2.05) is 0 Å². The lowest BCUT2D eigenvalue weighted by atomic mass is 9.83. The number of amides is 1. The lowest BCUT2D eigenvalue weighted by Gasteiger charge is -2.41. The Morgan fingerprint density at radius 1 is 1.29 bits per heavy atom. The molecular weight excluding hydrogens is 481 g/mol. The van der Waals surface area contributed by atoms with Gasteiger partial charge in [0, 0.05) is 38.5 Å². The lowest BCUT2D eigenvalue weighted by Crippen LogP contribution is -2.43. The van der Waals surface area contributed by atoms with Gasteiger partial charge in [-0.25, -0.2) is 0 Å². The number of likely N-dealkylation sites (tertiary alicyclic amines) is 1. The Balaban J connectivity index is 0.00000121. The minimum Gasteiger partial charge on any atom is -0.496 e. The minimum atomic E-state index is -0.211. The molecule has 1 saturated heterocycles. The van der Waals surface area contributed by atoms with Crippen LogP contribution >= 0.6 is 24.8 Å². The number of esters is 1. The third kappa shape index (κ3) is 9.23. The number of hydrogen-bond donors (Lipinski definition) is 2. The number of hydrogen-bond acceptors (Lipinski definition) is 7. The fourth-order valence-electron chi connectivity index (χ4n) is 4.62. The first-order valence-electron chi connectivity index (χ1n) is 11.5. The van der Waals surface area contributed by atoms with Crippen LogP contribution in [0.3, 0.4) is 0 Å². The van der Waals surface area contributed by atoms with Crippen molar-refractivity contribution in [1.29, 1.82) is 0 Å². The van der Waals surface area contributed by atoms with Crippen molar-refractivity contribution in [3.8, 4) is 5.75 Å². The van der Waals surface area contributed by atoms with E-state index in [1.54, 1.807) is 14.0 Å². The highest BCUT2D eigenvalue weighted by Crippen LogP contribution is 2.40. The number of ether oxygens (including phenoxy) is 3. The molecule has 2 atom stereocenters. The number of nitrogens with zero attached hydrogens (tertiary/aromatic N) is 1. The van der Waals surface area contributed by atoms with Crippen LogP contribution in [0.4, 0.5) is 0 Å². The molecule has 1 amide bonds. The quantitative estimate of drug-likeness (QED) is 0.400. The molecule has 3 N–H and O–H groups in total. The van der Waals surface area contributed by atoms with Crippen LogP contribution < -0.4 is 15.8 Å². The summed E-state index contributed by atoms with van der Waals surface area (Å²) in [5, 5.41) is 2.79. The number of methoxy groups -OCH3 is 1. The molecule has 196 valence electrons. The van der Waals surface area contributed by atoms with Crippen molar-refractivity contribution < 1.29 is 23.8 Å². The van der Waals surface area contributed by atoms with Gasteiger partial charge in [0.25, 0.3) is 0 Å². The highest BCUT2D eigenvalue weighted by molar-refractivity contribution is 5.85. The molecule has 1 aromatic carbocycles. The van der Waals surface area contributed by atoms with Crippen LogP contribution in [0.15, 0.2) is 12.1 Å². The van der Waals surface area contributed by atoms with Gasteiger partial charge in [-0.2, -0.15) is 0 Å². The van der Waals surface area contributed by atoms with E-state index in [9.17, 15) is 9.59 Å². The highest BCUT2D eigenvalue weighted by Gasteiger charge is 2.35. The van der Waals surface area contributed by atoms with Crippen molar-refractivity contribution >= 4 is 37.2 Å². The van der Waals surface area contributed by atoms with Crippen LogP contribution in [0.1, 0.15) is 49.5 Å². The van der Waals surface area contributed by atoms with Crippen LogP contribution in [-0.2, 0) is 25.5 Å². The van der Waals surface area contributed by atoms with Crippen molar-refractivity contribution in [1.82, 2.24) is 10.2 Å². The lowest BCUT2D eigenvalue weighted by molar-refractivity contribution is -0.140. The average Bonchev–Trinajstić information content (AvgIpc) is 2.78. The third-order valence-corrected chi connectivity index (χ3v) is 6.13. The molecule has 0 unspecified atom stereocenters. The van der Waals surface area contributed by atoms with Gasteiger partial charge in [0.15, 0.2) is 0 Å². The summed E-state index contributed by atoms with van der Waals surface area (Å²) >= 11 is 0. The van der Waals surface area contributed by atoms with Gasteiger partial charge in [0.2, 0.25) is 6.41 Å². The summed E-state index contributed by atoms with van der Waals surface area (Å²) < 4.78 is 16.6. The average molecular weight is 523 g/mol. The number of carbonyl (C=O) groups is 2. The van der Waals surface area contributed by atoms with Crippen molar-refractivity contribution in [3.05, 3.63) is 28.8 Å². The summed E-state index contributed by atoms with van der Waals surface area (Å²) in [4.78, 5) is 23.1. The Kier molecular flexibility index (Phi) is 16.2. The zero-order valence-corrected chi connectivity index (χ0v) is 22.3. The van der Waals surface area contributed by atoms with Crippen LogP contribution in [0.2, 0.25) is 0 Å². The smallest absolute Gasteiger partial charge is 0.302 e. The fourth-order valence-corrected chi connectivity index (χ4v) is 4.62. The van der Waals surface area contributed by atoms with E-state index in [0.29, 0.717) is 25.6 Å². The van der Waals surface area contributed by atoms with Gasteiger partial charge in [-0.15, -0.1) is 24.8 Å². The summed E-state index contributed by atoms with van der Waals surface area (Å²) in [5.41, 5.74) is 9.21. The van der Waals surface area contributed by atoms with Gasteiger partial charge < -0.3 is 30.2 Å². The van der Waals surface area contributed by atoms with Crippen LogP contribution in [-0.4, -0.2) is 69.8 Å². The number of piperidine rings is 1. The van der Waals surface area contributed by atoms with Gasteiger partial charge in [-0.1, -0.05) is 12.1 Å². The number of nitrogens with two attached hydrogens (primary N) is 1. The van der Waals surface area contributed by atoms with Crippen LogP contribution in [0.25, 0.3) is 0 Å². The monoisotopic (exact) mass is 521 g/mol. The first-order chi connectivity index (χ1) is 15.4. The molecule has 0 aromatic heterocycles. The number of halogens is 2. The Hall–Kier alpha value is -1.58. The number of nitrogens with one attached hydrogen (secondary N) is 1. The Morgan fingerprint density at radius 2 is 1.97 bits per heavy atom. The Bertz CT molecular complexity index is 746. The van der Waals surface area contributed by atoms with E-state index in [1.165, 1.54) is 12.5 Å². The Labute approximate surface area is 216 Å². The molecular formula is C24H41Cl2N3O5. The summed E-state index contributed by atoms with van der Waals surface area (Å²) in [6.45, 7) is 10.1. The largest absolute Gasteiger partial charge is 0.496 e. The first-order valence-corrected chi connectivity index (χ1v) is 11.5. The number of rotatable bonds is 8. The molecule has 0 saturated carbocycles. The highest BCUT2D eigenvalue weighted by atomic mass is 35.5. The molecule has 0 radical (unpaired) electrons. The maximum absolute atomic E-state index is 10.8. The molecule has 8 nitrogen and oxygen atoms in total. The van der Waals surface area contributed by atoms with Gasteiger partial charge >= 0.3 is 5.97 Å². The molecule has 1 fully saturated rings. The minimum absolute atomic E-state index is 0. The van der Waals surface area contributed by atoms with Crippen LogP contribution in [0.5, 0.6) is 5.75 Å². The van der Waals surface area contributed by atoms with E-state index in [4.69, 9.17) is 15.2 Å². The predicted molar refractivity (Wildman–Crippen MR) is 138 cm³/mol. The summed E-state index contributed by atoms with van der Waals surface area (Å²) in [7, 11) is 1.73. The molecule has 2 aliphatic rings. The maximum atomic E-state index is 10.8. The molecule has 0 bridgehead atoms. The van der Waals surface area contributed by atoms with Crippen molar-refractivity contribution in [2.75, 3.05) is 46.4 Å². The Morgan fingerprint density at radius 3 is 2.47 bits per heavy atom. The zero-order valence-electron chi connectivity index (χ0n) is 20.7. The van der Waals surface area contributed by atoms with E-state index in [0.717, 1.165) is 62.2 Å². The van der Waals surface area contributed by atoms with Gasteiger partial charge in [0.1, 0.15) is 11.9 Å². The van der Waals surface area contributed by atoms with E-state index in [-0.39, 0.29) is 43.0 Å². The topological polar surface area (TPSA) is 103 Å². The summed E-state index contributed by atoms with van der Waals surface area (Å²) in [5.74, 6) is 1.28. The molecule has 34 heavy (non-hydrogen) atoms. The van der Waals surface area contributed by atoms with Gasteiger partial charge in [0.05, 0.1) is 19.8 Å². The van der Waals surface area contributed by atoms with E-state index in [2.05, 4.69) is 34.0 Å². The predicted octanol–water partition coefficient (Wildman–Crippen LogP) is 2.82. The second kappa shape index (κ2) is 16.9.